The van der Waals surface area contributed by atoms with Gasteiger partial charge in [0.2, 0.25) is 0 Å². The van der Waals surface area contributed by atoms with Crippen molar-refractivity contribution in [1.29, 1.82) is 0 Å². The van der Waals surface area contributed by atoms with E-state index in [2.05, 4.69) is 37.9 Å². The molecular formula is C15H32N2O2S. The highest BCUT2D eigenvalue weighted by Gasteiger charge is 2.27. The van der Waals surface area contributed by atoms with Crippen LogP contribution in [0, 0.1) is 5.92 Å². The molecule has 1 saturated heterocycles. The minimum atomic E-state index is -2.77. The van der Waals surface area contributed by atoms with Crippen molar-refractivity contribution in [3.63, 3.8) is 0 Å². The van der Waals surface area contributed by atoms with E-state index in [-0.39, 0.29) is 6.04 Å². The molecule has 1 aliphatic rings. The monoisotopic (exact) mass is 304 g/mol. The van der Waals surface area contributed by atoms with Crippen molar-refractivity contribution in [2.45, 2.75) is 59.0 Å². The van der Waals surface area contributed by atoms with Crippen molar-refractivity contribution in [3.8, 4) is 0 Å². The van der Waals surface area contributed by atoms with Gasteiger partial charge in [-0.1, -0.05) is 27.7 Å². The van der Waals surface area contributed by atoms with Crippen molar-refractivity contribution >= 4 is 9.84 Å². The molecule has 0 aliphatic carbocycles. The number of nitrogens with zero attached hydrogens (tertiary/aromatic N) is 1. The summed E-state index contributed by atoms with van der Waals surface area (Å²) in [7, 11) is -2.77. The quantitative estimate of drug-likeness (QED) is 0.707. The van der Waals surface area contributed by atoms with E-state index in [0.717, 1.165) is 26.1 Å². The fourth-order valence-electron chi connectivity index (χ4n) is 3.07. The largest absolute Gasteiger partial charge is 0.312 e. The van der Waals surface area contributed by atoms with Crippen molar-refractivity contribution in [3.05, 3.63) is 0 Å². The summed E-state index contributed by atoms with van der Waals surface area (Å²) in [5, 5.41) is 3.42. The summed E-state index contributed by atoms with van der Waals surface area (Å²) in [5.74, 6) is 1.34. The van der Waals surface area contributed by atoms with Crippen LogP contribution in [0.3, 0.4) is 0 Å². The summed E-state index contributed by atoms with van der Waals surface area (Å²) in [6.45, 7) is 12.0. The number of rotatable bonds is 9. The molecule has 1 unspecified atom stereocenters. The number of hydrogen-bond donors (Lipinski definition) is 1. The first-order valence-electron chi connectivity index (χ1n) is 8.05. The molecule has 0 radical (unpaired) electrons. The lowest BCUT2D eigenvalue weighted by Gasteiger charge is -2.32. The minimum absolute atomic E-state index is 0.169. The molecule has 1 rings (SSSR count). The highest BCUT2D eigenvalue weighted by Crippen LogP contribution is 2.13. The molecular weight excluding hydrogens is 272 g/mol. The van der Waals surface area contributed by atoms with Crippen molar-refractivity contribution in [2.75, 3.05) is 31.1 Å². The van der Waals surface area contributed by atoms with Gasteiger partial charge in [-0.25, -0.2) is 8.42 Å². The third kappa shape index (κ3) is 6.10. The SMILES string of the molecule is CCC(CC)N(CCNC1CCS(=O)(=O)C1)CC(C)C. The van der Waals surface area contributed by atoms with E-state index in [1.807, 2.05) is 0 Å². The Hall–Kier alpha value is -0.130. The smallest absolute Gasteiger partial charge is 0.151 e. The Labute approximate surface area is 125 Å². The molecule has 1 N–H and O–H groups in total. The van der Waals surface area contributed by atoms with Crippen LogP contribution in [-0.2, 0) is 9.84 Å². The van der Waals surface area contributed by atoms with E-state index < -0.39 is 9.84 Å². The van der Waals surface area contributed by atoms with Crippen LogP contribution in [0.25, 0.3) is 0 Å². The normalized spacial score (nSPS) is 22.2. The third-order valence-electron chi connectivity index (χ3n) is 4.12. The topological polar surface area (TPSA) is 49.4 Å². The van der Waals surface area contributed by atoms with Gasteiger partial charge in [0.1, 0.15) is 0 Å². The molecule has 0 bridgehead atoms. The van der Waals surface area contributed by atoms with E-state index in [9.17, 15) is 8.42 Å². The molecule has 0 saturated carbocycles. The summed E-state index contributed by atoms with van der Waals surface area (Å²) < 4.78 is 22.9. The summed E-state index contributed by atoms with van der Waals surface area (Å²) >= 11 is 0. The third-order valence-corrected chi connectivity index (χ3v) is 5.89. The Balaban J connectivity index is 2.38. The maximum absolute atomic E-state index is 11.4. The zero-order valence-corrected chi connectivity index (χ0v) is 14.4. The van der Waals surface area contributed by atoms with Gasteiger partial charge in [-0.3, -0.25) is 4.90 Å². The Bertz CT molecular complexity index is 364. The van der Waals surface area contributed by atoms with Gasteiger partial charge in [0.15, 0.2) is 9.84 Å². The molecule has 5 heteroatoms. The average molecular weight is 305 g/mol. The second kappa shape index (κ2) is 8.35. The first kappa shape index (κ1) is 17.9. The highest BCUT2D eigenvalue weighted by molar-refractivity contribution is 7.91. The molecule has 1 aliphatic heterocycles. The molecule has 4 nitrogen and oxygen atoms in total. The Morgan fingerprint density at radius 3 is 2.35 bits per heavy atom. The van der Waals surface area contributed by atoms with Gasteiger partial charge < -0.3 is 5.32 Å². The number of hydrogen-bond acceptors (Lipinski definition) is 4. The first-order chi connectivity index (χ1) is 9.38. The lowest BCUT2D eigenvalue weighted by atomic mass is 10.1. The van der Waals surface area contributed by atoms with Gasteiger partial charge in [0.25, 0.3) is 0 Å². The highest BCUT2D eigenvalue weighted by atomic mass is 32.2. The summed E-state index contributed by atoms with van der Waals surface area (Å²) in [5.41, 5.74) is 0. The van der Waals surface area contributed by atoms with E-state index in [0.29, 0.717) is 23.5 Å². The van der Waals surface area contributed by atoms with Crippen LogP contribution >= 0.6 is 0 Å². The van der Waals surface area contributed by atoms with Gasteiger partial charge >= 0.3 is 0 Å². The standard InChI is InChI=1S/C15H32N2O2S/c1-5-15(6-2)17(11-13(3)4)9-8-16-14-7-10-20(18,19)12-14/h13-16H,5-12H2,1-4H3. The van der Waals surface area contributed by atoms with Crippen molar-refractivity contribution in [2.24, 2.45) is 5.92 Å². The summed E-state index contributed by atoms with van der Waals surface area (Å²) in [6.07, 6.45) is 3.14. The second-order valence-corrected chi connectivity index (χ2v) is 8.64. The molecule has 1 heterocycles. The lowest BCUT2D eigenvalue weighted by Crippen LogP contribution is -2.43. The van der Waals surface area contributed by atoms with E-state index in [4.69, 9.17) is 0 Å². The van der Waals surface area contributed by atoms with Crippen LogP contribution in [0.15, 0.2) is 0 Å². The van der Waals surface area contributed by atoms with Gasteiger partial charge in [0, 0.05) is 31.7 Å². The molecule has 0 aromatic carbocycles. The van der Waals surface area contributed by atoms with Gasteiger partial charge in [-0.05, 0) is 25.2 Å². The predicted octanol–water partition coefficient (Wildman–Crippen LogP) is 1.91. The maximum atomic E-state index is 11.4. The van der Waals surface area contributed by atoms with Crippen LogP contribution in [-0.4, -0.2) is 56.5 Å². The lowest BCUT2D eigenvalue weighted by molar-refractivity contribution is 0.165. The van der Waals surface area contributed by atoms with E-state index in [1.54, 1.807) is 0 Å². The molecule has 1 fully saturated rings. The summed E-state index contributed by atoms with van der Waals surface area (Å²) in [4.78, 5) is 2.56. The zero-order valence-electron chi connectivity index (χ0n) is 13.6. The molecule has 0 aromatic rings. The first-order valence-corrected chi connectivity index (χ1v) is 9.88. The van der Waals surface area contributed by atoms with Crippen LogP contribution in [0.4, 0.5) is 0 Å². The van der Waals surface area contributed by atoms with Gasteiger partial charge in [0.05, 0.1) is 11.5 Å². The second-order valence-electron chi connectivity index (χ2n) is 6.41. The molecule has 1 atom stereocenters. The fourth-order valence-corrected chi connectivity index (χ4v) is 4.77. The molecule has 0 aromatic heterocycles. The molecule has 0 amide bonds. The van der Waals surface area contributed by atoms with Crippen LogP contribution < -0.4 is 5.32 Å². The zero-order chi connectivity index (χ0) is 15.2. The number of sulfone groups is 1. The minimum Gasteiger partial charge on any atom is -0.312 e. The van der Waals surface area contributed by atoms with Crippen LogP contribution in [0.1, 0.15) is 47.0 Å². The predicted molar refractivity (Wildman–Crippen MR) is 85.8 cm³/mol. The van der Waals surface area contributed by atoms with Crippen LogP contribution in [0.2, 0.25) is 0 Å². The van der Waals surface area contributed by atoms with Gasteiger partial charge in [-0.2, -0.15) is 0 Å². The fraction of sp³-hybridized carbons (Fsp3) is 1.00. The molecule has 0 spiro atoms. The van der Waals surface area contributed by atoms with E-state index in [1.165, 1.54) is 12.8 Å². The molecule has 120 valence electrons. The average Bonchev–Trinajstić information content (AvgIpc) is 2.69. The maximum Gasteiger partial charge on any atom is 0.151 e. The number of nitrogens with one attached hydrogen (secondary N) is 1. The summed E-state index contributed by atoms with van der Waals surface area (Å²) in [6, 6.07) is 0.814. The Morgan fingerprint density at radius 1 is 1.25 bits per heavy atom. The van der Waals surface area contributed by atoms with Gasteiger partial charge in [-0.15, -0.1) is 0 Å². The molecule has 20 heavy (non-hydrogen) atoms. The van der Waals surface area contributed by atoms with E-state index >= 15 is 0 Å². The van der Waals surface area contributed by atoms with Crippen LogP contribution in [0.5, 0.6) is 0 Å². The Kier molecular flexibility index (Phi) is 7.48. The Morgan fingerprint density at radius 2 is 1.90 bits per heavy atom. The van der Waals surface area contributed by atoms with Crippen molar-refractivity contribution < 1.29 is 8.42 Å². The van der Waals surface area contributed by atoms with Crippen molar-refractivity contribution in [1.82, 2.24) is 10.2 Å².